The van der Waals surface area contributed by atoms with Gasteiger partial charge < -0.3 is 14.7 Å². The number of alkyl halides is 3. The summed E-state index contributed by atoms with van der Waals surface area (Å²) >= 11 is 3.48. The molecular weight excluding hydrogens is 615 g/mol. The summed E-state index contributed by atoms with van der Waals surface area (Å²) in [6.07, 6.45) is 1.51. The molecule has 3 aromatic heterocycles. The molecule has 3 heterocycles. The Morgan fingerprint density at radius 2 is 1.88 bits per heavy atom. The zero-order valence-corrected chi connectivity index (χ0v) is 23.2. The minimum atomic E-state index is -5.65. The summed E-state index contributed by atoms with van der Waals surface area (Å²) in [4.78, 5) is 20.8. The first-order valence-electron chi connectivity index (χ1n) is 11.9. The number of sulfonamides is 1. The van der Waals surface area contributed by atoms with E-state index < -0.39 is 21.4 Å². The van der Waals surface area contributed by atoms with Crippen LogP contribution < -0.4 is 10.5 Å². The number of nitrogens with two attached hydrogens (primary N) is 1. The molecular formula is C26H21BrF3N5O4S. The Bertz CT molecular complexity index is 1880. The standard InChI is InChI=1S/C26H21BrF3N5O4S/c1-2-5-21-32-19-10-9-18(24(31)36)33-25(19)35(21)13-14-8-11-20-16(12-14)22(27)23(39-20)15-6-3-4-7-17(15)34-40(37,38)26(28,29)30/h3-4,6-12,34H,2,5,13H2,1H3,(H2,31,36). The van der Waals surface area contributed by atoms with Gasteiger partial charge in [-0.05, 0) is 64.3 Å². The maximum absolute atomic E-state index is 13.0. The Balaban J connectivity index is 1.56. The number of benzene rings is 2. The third-order valence-corrected chi connectivity index (χ3v) is 8.04. The zero-order chi connectivity index (χ0) is 28.8. The van der Waals surface area contributed by atoms with E-state index in [4.69, 9.17) is 10.2 Å². The zero-order valence-electron chi connectivity index (χ0n) is 20.8. The van der Waals surface area contributed by atoms with Gasteiger partial charge in [0.1, 0.15) is 22.6 Å². The number of imidazole rings is 1. The maximum atomic E-state index is 13.0. The van der Waals surface area contributed by atoms with E-state index in [0.29, 0.717) is 39.6 Å². The second kappa shape index (κ2) is 10.2. The molecule has 0 radical (unpaired) electrons. The van der Waals surface area contributed by atoms with Gasteiger partial charge in [0.05, 0.1) is 16.7 Å². The Labute approximate surface area is 234 Å². The molecule has 0 bridgehead atoms. The Hall–Kier alpha value is -3.91. The van der Waals surface area contributed by atoms with Gasteiger partial charge in [-0.3, -0.25) is 9.52 Å². The van der Waals surface area contributed by atoms with Crippen molar-refractivity contribution in [2.24, 2.45) is 5.73 Å². The topological polar surface area (TPSA) is 133 Å². The lowest BCUT2D eigenvalue weighted by Crippen LogP contribution is -2.30. The van der Waals surface area contributed by atoms with Gasteiger partial charge in [-0.2, -0.15) is 21.6 Å². The third kappa shape index (κ3) is 5.04. The van der Waals surface area contributed by atoms with Crippen molar-refractivity contribution in [3.63, 3.8) is 0 Å². The number of hydrogen-bond acceptors (Lipinski definition) is 6. The van der Waals surface area contributed by atoms with Crippen molar-refractivity contribution in [3.05, 3.63) is 76.2 Å². The van der Waals surface area contributed by atoms with E-state index in [0.717, 1.165) is 17.8 Å². The number of furan rings is 1. The van der Waals surface area contributed by atoms with Crippen molar-refractivity contribution in [2.75, 3.05) is 4.72 Å². The fourth-order valence-electron chi connectivity index (χ4n) is 4.31. The molecule has 14 heteroatoms. The van der Waals surface area contributed by atoms with Crippen molar-refractivity contribution in [1.29, 1.82) is 0 Å². The molecule has 0 atom stereocenters. The second-order valence-corrected chi connectivity index (χ2v) is 11.4. The van der Waals surface area contributed by atoms with E-state index in [2.05, 4.69) is 25.9 Å². The number of hydrogen-bond donors (Lipinski definition) is 2. The average Bonchev–Trinajstić information content (AvgIpc) is 3.40. The van der Waals surface area contributed by atoms with Gasteiger partial charge in [0.25, 0.3) is 5.91 Å². The molecule has 0 saturated carbocycles. The number of para-hydroxylation sites is 1. The summed E-state index contributed by atoms with van der Waals surface area (Å²) in [6.45, 7) is 2.38. The van der Waals surface area contributed by atoms with E-state index in [1.54, 1.807) is 22.9 Å². The summed E-state index contributed by atoms with van der Waals surface area (Å²) in [7, 11) is -5.65. The number of carbonyl (C=O) groups excluding carboxylic acids is 1. The molecule has 0 aliphatic rings. The number of amides is 1. The number of rotatable bonds is 8. The molecule has 0 spiro atoms. The highest BCUT2D eigenvalue weighted by molar-refractivity contribution is 9.10. The first kappa shape index (κ1) is 27.6. The molecule has 5 aromatic rings. The molecule has 40 heavy (non-hydrogen) atoms. The number of aryl methyl sites for hydroxylation is 1. The van der Waals surface area contributed by atoms with Crippen molar-refractivity contribution in [2.45, 2.75) is 31.8 Å². The minimum absolute atomic E-state index is 0.119. The van der Waals surface area contributed by atoms with Gasteiger partial charge in [0, 0.05) is 17.4 Å². The van der Waals surface area contributed by atoms with Crippen LogP contribution in [0.2, 0.25) is 0 Å². The van der Waals surface area contributed by atoms with Gasteiger partial charge in [0.15, 0.2) is 11.4 Å². The minimum Gasteiger partial charge on any atom is -0.455 e. The quantitative estimate of drug-likeness (QED) is 0.216. The fourth-order valence-corrected chi connectivity index (χ4v) is 5.50. The number of anilines is 1. The lowest BCUT2D eigenvalue weighted by molar-refractivity contribution is -0.0429. The normalized spacial score (nSPS) is 12.3. The van der Waals surface area contributed by atoms with Gasteiger partial charge >= 0.3 is 15.5 Å². The summed E-state index contributed by atoms with van der Waals surface area (Å²) in [5.41, 5.74) is 2.29. The van der Waals surface area contributed by atoms with Gasteiger partial charge in [-0.1, -0.05) is 25.1 Å². The van der Waals surface area contributed by atoms with Crippen molar-refractivity contribution >= 4 is 59.7 Å². The highest BCUT2D eigenvalue weighted by Gasteiger charge is 2.46. The number of aromatic nitrogens is 3. The molecule has 0 unspecified atom stereocenters. The predicted molar refractivity (Wildman–Crippen MR) is 147 cm³/mol. The van der Waals surface area contributed by atoms with E-state index in [1.165, 1.54) is 24.3 Å². The lowest BCUT2D eigenvalue weighted by atomic mass is 10.1. The first-order chi connectivity index (χ1) is 18.9. The van der Waals surface area contributed by atoms with Crippen LogP contribution in [0.15, 0.2) is 63.5 Å². The summed E-state index contributed by atoms with van der Waals surface area (Å²) in [5.74, 6) is 0.283. The van der Waals surface area contributed by atoms with Crippen molar-refractivity contribution in [1.82, 2.24) is 14.5 Å². The Morgan fingerprint density at radius 1 is 1.12 bits per heavy atom. The van der Waals surface area contributed by atoms with E-state index in [1.807, 2.05) is 23.6 Å². The number of nitrogens with one attached hydrogen (secondary N) is 1. The maximum Gasteiger partial charge on any atom is 0.516 e. The molecule has 3 N–H and O–H groups in total. The third-order valence-electron chi connectivity index (χ3n) is 6.15. The van der Waals surface area contributed by atoms with Crippen LogP contribution in [0.4, 0.5) is 18.9 Å². The fraction of sp³-hybridized carbons (Fsp3) is 0.192. The highest BCUT2D eigenvalue weighted by atomic mass is 79.9. The van der Waals surface area contributed by atoms with E-state index >= 15 is 0 Å². The first-order valence-corrected chi connectivity index (χ1v) is 14.2. The predicted octanol–water partition coefficient (Wildman–Crippen LogP) is 5.97. The number of halogens is 4. The lowest BCUT2D eigenvalue weighted by Gasteiger charge is -2.13. The molecule has 0 aliphatic carbocycles. The molecule has 0 fully saturated rings. The van der Waals surface area contributed by atoms with Gasteiger partial charge in [-0.25, -0.2) is 9.97 Å². The molecule has 5 rings (SSSR count). The summed E-state index contributed by atoms with van der Waals surface area (Å²) in [6, 6.07) is 14.2. The molecule has 208 valence electrons. The van der Waals surface area contributed by atoms with Crippen molar-refractivity contribution < 1.29 is 30.8 Å². The summed E-state index contributed by atoms with van der Waals surface area (Å²) in [5, 5.41) is 0.619. The van der Waals surface area contributed by atoms with Crippen LogP contribution in [0.25, 0.3) is 33.5 Å². The SMILES string of the molecule is CCCc1nc2ccc(C(N)=O)nc2n1Cc1ccc2oc(-c3ccccc3NS(=O)(=O)C(F)(F)F)c(Br)c2c1. The second-order valence-electron chi connectivity index (χ2n) is 8.94. The average molecular weight is 636 g/mol. The molecule has 2 aromatic carbocycles. The van der Waals surface area contributed by atoms with Gasteiger partial charge in [-0.15, -0.1) is 0 Å². The number of fused-ring (bicyclic) bond motifs is 2. The van der Waals surface area contributed by atoms with Gasteiger partial charge in [0.2, 0.25) is 0 Å². The van der Waals surface area contributed by atoms with Crippen LogP contribution in [0.1, 0.15) is 35.2 Å². The monoisotopic (exact) mass is 635 g/mol. The molecule has 1 amide bonds. The number of pyridine rings is 1. The number of carbonyl (C=O) groups is 1. The Morgan fingerprint density at radius 3 is 2.58 bits per heavy atom. The van der Waals surface area contributed by atoms with Crippen LogP contribution in [0, 0.1) is 0 Å². The molecule has 0 aliphatic heterocycles. The highest BCUT2D eigenvalue weighted by Crippen LogP contribution is 2.42. The van der Waals surface area contributed by atoms with Crippen LogP contribution in [-0.2, 0) is 23.0 Å². The van der Waals surface area contributed by atoms with E-state index in [-0.39, 0.29) is 22.7 Å². The largest absolute Gasteiger partial charge is 0.516 e. The van der Waals surface area contributed by atoms with Crippen LogP contribution in [0.5, 0.6) is 0 Å². The van der Waals surface area contributed by atoms with Crippen molar-refractivity contribution in [3.8, 4) is 11.3 Å². The molecule has 9 nitrogen and oxygen atoms in total. The van der Waals surface area contributed by atoms with E-state index in [9.17, 15) is 26.4 Å². The van der Waals surface area contributed by atoms with Crippen LogP contribution in [0.3, 0.4) is 0 Å². The number of nitrogens with zero attached hydrogens (tertiary/aromatic N) is 3. The molecule has 0 saturated heterocycles. The smallest absolute Gasteiger partial charge is 0.455 e. The van der Waals surface area contributed by atoms with Crippen LogP contribution in [-0.4, -0.2) is 34.4 Å². The number of primary amides is 1. The Kier molecular flexibility index (Phi) is 7.08. The summed E-state index contributed by atoms with van der Waals surface area (Å²) < 4.78 is 72.5. The van der Waals surface area contributed by atoms with Crippen LogP contribution >= 0.6 is 15.9 Å².